The molecule has 0 unspecified atom stereocenters. The van der Waals surface area contributed by atoms with Crippen molar-refractivity contribution in [3.8, 4) is 33.6 Å². The van der Waals surface area contributed by atoms with Crippen LogP contribution in [0.4, 0.5) is 0 Å². The van der Waals surface area contributed by atoms with E-state index in [-0.39, 0.29) is 20.1 Å². The van der Waals surface area contributed by atoms with Crippen LogP contribution in [0.1, 0.15) is 30.5 Å². The van der Waals surface area contributed by atoms with Crippen LogP contribution in [-0.2, 0) is 26.5 Å². The summed E-state index contributed by atoms with van der Waals surface area (Å²) in [5, 5.41) is 3.62. The number of pyridine rings is 2. The van der Waals surface area contributed by atoms with Crippen molar-refractivity contribution < 1.29 is 24.5 Å². The van der Waals surface area contributed by atoms with Crippen LogP contribution < -0.4 is 5.19 Å². The summed E-state index contributed by atoms with van der Waals surface area (Å²) in [6.45, 7) is 15.7. The number of hydrogen-bond donors (Lipinski definition) is 0. The van der Waals surface area contributed by atoms with E-state index in [1.807, 2.05) is 30.6 Å². The second-order valence-corrected chi connectivity index (χ2v) is 18.9. The molecule has 0 bridgehead atoms. The molecule has 3 heterocycles. The molecule has 4 aromatic carbocycles. The van der Waals surface area contributed by atoms with Gasteiger partial charge in [-0.3, -0.25) is 0 Å². The summed E-state index contributed by atoms with van der Waals surface area (Å²) in [4.78, 5) is 9.20. The number of nitrogens with zero attached hydrogens (tertiary/aromatic N) is 2. The Kier molecular flexibility index (Phi) is 10.9. The van der Waals surface area contributed by atoms with Gasteiger partial charge in [0.2, 0.25) is 0 Å². The first-order chi connectivity index (χ1) is 22.6. The molecular weight excluding hydrogens is 781 g/mol. The van der Waals surface area contributed by atoms with Crippen LogP contribution in [0.15, 0.2) is 114 Å². The standard InChI is InChI=1S/C27H22NO.C16H20NSi.Ir/c1-18(2)15-19-13-14-28-25(16-19)24-10-6-9-23-22-12-11-21(17-26(22)29-27(23)24)20-7-4-3-5-8-20;1-12-6-7-14(10-13(12)2)16-9-8-15(11-17-16)18(3,4)5;/h3-9,11-14,16-18H,15H2,1-2H3;6,8-11H,1-5H3;/q2*-1;. The Hall–Kier alpha value is -4.15. The molecular formula is C43H42IrN2OSi-2. The summed E-state index contributed by atoms with van der Waals surface area (Å²) in [5.41, 5.74) is 11.9. The minimum absolute atomic E-state index is 0. The van der Waals surface area contributed by atoms with E-state index in [0.29, 0.717) is 5.92 Å². The second-order valence-electron chi connectivity index (χ2n) is 13.8. The Bertz CT molecular complexity index is 2150. The molecule has 0 fully saturated rings. The van der Waals surface area contributed by atoms with Crippen molar-refractivity contribution in [3.05, 3.63) is 138 Å². The monoisotopic (exact) mass is 823 g/mol. The largest absolute Gasteiger partial charge is 0.501 e. The number of hydrogen-bond acceptors (Lipinski definition) is 3. The van der Waals surface area contributed by atoms with Gasteiger partial charge in [0, 0.05) is 37.9 Å². The van der Waals surface area contributed by atoms with E-state index < -0.39 is 8.07 Å². The zero-order chi connectivity index (χ0) is 33.1. The van der Waals surface area contributed by atoms with Gasteiger partial charge in [-0.1, -0.05) is 125 Å². The first-order valence-corrected chi connectivity index (χ1v) is 19.9. The van der Waals surface area contributed by atoms with Crippen molar-refractivity contribution in [1.29, 1.82) is 0 Å². The fourth-order valence-electron chi connectivity index (χ4n) is 5.77. The molecule has 5 heteroatoms. The van der Waals surface area contributed by atoms with E-state index in [1.54, 1.807) is 0 Å². The molecule has 0 aliphatic rings. The maximum Gasteiger partial charge on any atom is 0.121 e. The number of furan rings is 1. The van der Waals surface area contributed by atoms with Crippen molar-refractivity contribution in [1.82, 2.24) is 9.97 Å². The molecule has 0 saturated heterocycles. The van der Waals surface area contributed by atoms with Gasteiger partial charge in [0.1, 0.15) is 5.58 Å². The summed E-state index contributed by atoms with van der Waals surface area (Å²) < 4.78 is 6.35. The summed E-state index contributed by atoms with van der Waals surface area (Å²) in [7, 11) is -1.25. The molecule has 0 saturated carbocycles. The first kappa shape index (κ1) is 35.2. The average molecular weight is 823 g/mol. The Balaban J connectivity index is 0.000000205. The van der Waals surface area contributed by atoms with E-state index >= 15 is 0 Å². The van der Waals surface area contributed by atoms with E-state index in [9.17, 15) is 0 Å². The molecule has 7 rings (SSSR count). The van der Waals surface area contributed by atoms with Gasteiger partial charge in [-0.15, -0.1) is 53.1 Å². The van der Waals surface area contributed by atoms with E-state index in [0.717, 1.165) is 56.4 Å². The molecule has 48 heavy (non-hydrogen) atoms. The average Bonchev–Trinajstić information content (AvgIpc) is 3.44. The SMILES string of the molecule is CC(C)Cc1ccnc(-c2[c-]ccc3c2oc2cc(-c4ccccc4)ccc23)c1.Cc1c[c-]c(-c2ccc([Si](C)(C)C)cn2)cc1C.[Ir]. The third-order valence-electron chi connectivity index (χ3n) is 8.60. The zero-order valence-electron chi connectivity index (χ0n) is 28.8. The van der Waals surface area contributed by atoms with Gasteiger partial charge in [0.25, 0.3) is 0 Å². The van der Waals surface area contributed by atoms with Gasteiger partial charge in [0.05, 0.1) is 13.7 Å². The van der Waals surface area contributed by atoms with Crippen molar-refractivity contribution in [3.63, 3.8) is 0 Å². The number of benzene rings is 4. The van der Waals surface area contributed by atoms with Crippen molar-refractivity contribution in [2.45, 2.75) is 53.8 Å². The van der Waals surface area contributed by atoms with Crippen LogP contribution in [0, 0.1) is 31.9 Å². The quantitative estimate of drug-likeness (QED) is 0.124. The summed E-state index contributed by atoms with van der Waals surface area (Å²) in [6, 6.07) is 40.3. The van der Waals surface area contributed by atoms with Crippen LogP contribution in [0.2, 0.25) is 19.6 Å². The van der Waals surface area contributed by atoms with Gasteiger partial charge >= 0.3 is 0 Å². The second kappa shape index (κ2) is 14.9. The summed E-state index contributed by atoms with van der Waals surface area (Å²) in [5.74, 6) is 0.604. The van der Waals surface area contributed by atoms with Crippen LogP contribution >= 0.6 is 0 Å². The maximum atomic E-state index is 6.35. The van der Waals surface area contributed by atoms with E-state index in [1.165, 1.54) is 27.4 Å². The number of aryl methyl sites for hydroxylation is 2. The molecule has 0 spiro atoms. The van der Waals surface area contributed by atoms with E-state index in [4.69, 9.17) is 4.42 Å². The molecule has 0 N–H and O–H groups in total. The van der Waals surface area contributed by atoms with Crippen molar-refractivity contribution >= 4 is 35.2 Å². The minimum atomic E-state index is -1.25. The van der Waals surface area contributed by atoms with Crippen LogP contribution in [-0.4, -0.2) is 18.0 Å². The number of aromatic nitrogens is 2. The number of fused-ring (bicyclic) bond motifs is 3. The van der Waals surface area contributed by atoms with Crippen LogP contribution in [0.5, 0.6) is 0 Å². The summed E-state index contributed by atoms with van der Waals surface area (Å²) in [6.07, 6.45) is 4.95. The van der Waals surface area contributed by atoms with Gasteiger partial charge in [0.15, 0.2) is 0 Å². The molecule has 0 aliphatic heterocycles. The predicted octanol–water partition coefficient (Wildman–Crippen LogP) is 11.0. The maximum absolute atomic E-state index is 6.35. The third kappa shape index (κ3) is 7.93. The zero-order valence-corrected chi connectivity index (χ0v) is 32.2. The Labute approximate surface area is 299 Å². The molecule has 245 valence electrons. The first-order valence-electron chi connectivity index (χ1n) is 16.4. The van der Waals surface area contributed by atoms with Crippen LogP contribution in [0.3, 0.4) is 0 Å². The Morgan fingerprint density at radius 3 is 2.23 bits per heavy atom. The van der Waals surface area contributed by atoms with E-state index in [2.05, 4.69) is 148 Å². The molecule has 1 radical (unpaired) electrons. The van der Waals surface area contributed by atoms with Gasteiger partial charge < -0.3 is 14.4 Å². The smallest absolute Gasteiger partial charge is 0.121 e. The van der Waals surface area contributed by atoms with Gasteiger partial charge in [-0.2, -0.15) is 0 Å². The summed E-state index contributed by atoms with van der Waals surface area (Å²) >= 11 is 0. The molecule has 7 aromatic rings. The fraction of sp³-hybridized carbons (Fsp3) is 0.209. The minimum Gasteiger partial charge on any atom is -0.501 e. The number of rotatable bonds is 6. The van der Waals surface area contributed by atoms with Gasteiger partial charge in [-0.05, 0) is 52.2 Å². The normalized spacial score (nSPS) is 11.3. The molecule has 0 amide bonds. The molecule has 3 aromatic heterocycles. The Morgan fingerprint density at radius 1 is 0.750 bits per heavy atom. The Morgan fingerprint density at radius 2 is 1.54 bits per heavy atom. The predicted molar refractivity (Wildman–Crippen MR) is 201 cm³/mol. The van der Waals surface area contributed by atoms with Crippen molar-refractivity contribution in [2.24, 2.45) is 5.92 Å². The molecule has 0 atom stereocenters. The third-order valence-corrected chi connectivity index (χ3v) is 10.6. The van der Waals surface area contributed by atoms with Crippen molar-refractivity contribution in [2.75, 3.05) is 0 Å². The van der Waals surface area contributed by atoms with Crippen LogP contribution in [0.25, 0.3) is 55.6 Å². The topological polar surface area (TPSA) is 38.9 Å². The fourth-order valence-corrected chi connectivity index (χ4v) is 6.80. The molecule has 3 nitrogen and oxygen atoms in total. The van der Waals surface area contributed by atoms with Gasteiger partial charge in [-0.25, -0.2) is 0 Å². The molecule has 0 aliphatic carbocycles.